The molecule has 2 heterocycles. The van der Waals surface area contributed by atoms with Gasteiger partial charge in [0.15, 0.2) is 0 Å². The van der Waals surface area contributed by atoms with Crippen LogP contribution in [0.4, 0.5) is 0 Å². The van der Waals surface area contributed by atoms with Crippen LogP contribution in [-0.4, -0.2) is 0 Å². The molecule has 0 atom stereocenters. The molecule has 0 spiro atoms. The second-order valence-corrected chi connectivity index (χ2v) is 9.14. The van der Waals surface area contributed by atoms with Gasteiger partial charge in [0.25, 0.3) is 0 Å². The molecule has 3 nitrogen and oxygen atoms in total. The largest absolute Gasteiger partial charge is 0.192 e. The summed E-state index contributed by atoms with van der Waals surface area (Å²) in [6.07, 6.45) is 1.75. The molecule has 0 unspecified atom stereocenters. The van der Waals surface area contributed by atoms with Crippen molar-refractivity contribution in [2.45, 2.75) is 0 Å². The highest BCUT2D eigenvalue weighted by atomic mass is 32.2. The van der Waals surface area contributed by atoms with Gasteiger partial charge in [-0.2, -0.15) is 15.8 Å². The summed E-state index contributed by atoms with van der Waals surface area (Å²) in [6.45, 7) is 0. The molecule has 26 heavy (non-hydrogen) atoms. The minimum Gasteiger partial charge on any atom is -0.192 e. The van der Waals surface area contributed by atoms with Crippen LogP contribution < -0.4 is 0 Å². The van der Waals surface area contributed by atoms with Crippen LogP contribution in [0.3, 0.4) is 0 Å². The van der Waals surface area contributed by atoms with Crippen molar-refractivity contribution in [1.29, 1.82) is 15.8 Å². The molecular weight excluding hydrogens is 398 g/mol. The summed E-state index contributed by atoms with van der Waals surface area (Å²) in [6, 6.07) is 15.1. The molecule has 124 valence electrons. The Bertz CT molecular complexity index is 984. The van der Waals surface area contributed by atoms with Gasteiger partial charge in [-0.05, 0) is 27.9 Å². The number of allylic oxidation sites excluding steroid dienone is 4. The summed E-state index contributed by atoms with van der Waals surface area (Å²) in [5, 5.41) is 34.5. The Morgan fingerprint density at radius 3 is 2.15 bits per heavy atom. The van der Waals surface area contributed by atoms with E-state index in [0.717, 1.165) is 4.91 Å². The summed E-state index contributed by atoms with van der Waals surface area (Å²) >= 11 is 6.60. The third-order valence-corrected chi connectivity index (χ3v) is 8.26. The van der Waals surface area contributed by atoms with Crippen LogP contribution in [0.25, 0.3) is 5.57 Å². The smallest absolute Gasteiger partial charge is 0.138 e. The van der Waals surface area contributed by atoms with E-state index in [1.54, 1.807) is 65.3 Å². The maximum absolute atomic E-state index is 9.69. The first kappa shape index (κ1) is 18.6. The molecule has 0 bridgehead atoms. The van der Waals surface area contributed by atoms with E-state index in [1.807, 2.05) is 46.6 Å². The van der Waals surface area contributed by atoms with E-state index in [4.69, 9.17) is 0 Å². The van der Waals surface area contributed by atoms with E-state index >= 15 is 0 Å². The molecule has 1 aromatic carbocycles. The summed E-state index contributed by atoms with van der Waals surface area (Å²) in [4.78, 5) is 0.922. The third kappa shape index (κ3) is 4.12. The first-order valence-corrected chi connectivity index (χ1v) is 10.7. The number of nitriles is 3. The molecule has 0 N–H and O–H groups in total. The summed E-state index contributed by atoms with van der Waals surface area (Å²) in [5.74, 6) is 0. The average molecular weight is 408 g/mol. The molecule has 0 amide bonds. The Morgan fingerprint density at radius 1 is 0.846 bits per heavy atom. The molecule has 0 aliphatic carbocycles. The van der Waals surface area contributed by atoms with E-state index in [9.17, 15) is 15.8 Å². The van der Waals surface area contributed by atoms with E-state index in [2.05, 4.69) is 6.07 Å². The van der Waals surface area contributed by atoms with Crippen LogP contribution >= 0.6 is 47.0 Å². The maximum Gasteiger partial charge on any atom is 0.138 e. The molecule has 0 radical (unpaired) electrons. The highest BCUT2D eigenvalue weighted by molar-refractivity contribution is 8.33. The lowest BCUT2D eigenvalue weighted by molar-refractivity contribution is 1.44. The normalized spacial score (nSPS) is 15.9. The van der Waals surface area contributed by atoms with Crippen LogP contribution in [-0.2, 0) is 0 Å². The number of thioether (sulfide) groups is 4. The van der Waals surface area contributed by atoms with E-state index in [0.29, 0.717) is 16.7 Å². The highest BCUT2D eigenvalue weighted by Crippen LogP contribution is 2.53. The fourth-order valence-corrected chi connectivity index (χ4v) is 6.58. The lowest BCUT2D eigenvalue weighted by atomic mass is 9.94. The molecule has 0 saturated heterocycles. The molecule has 2 aliphatic rings. The first-order valence-electron chi connectivity index (χ1n) is 7.26. The zero-order chi connectivity index (χ0) is 18.4. The predicted octanol–water partition coefficient (Wildman–Crippen LogP) is 6.34. The molecule has 2 aliphatic heterocycles. The van der Waals surface area contributed by atoms with Gasteiger partial charge in [-0.1, -0.05) is 77.4 Å². The van der Waals surface area contributed by atoms with E-state index < -0.39 is 0 Å². The van der Waals surface area contributed by atoms with E-state index in [-0.39, 0.29) is 5.57 Å². The molecule has 1 aromatic rings. The average Bonchev–Trinajstić information content (AvgIpc) is 3.37. The SMILES string of the molecule is N#CC(C#N)=C(/C(C#N)=C/C1=CSC(=C2SC=CS2)S1)c1ccccc1. The third-order valence-electron chi connectivity index (χ3n) is 3.28. The number of rotatable bonds is 3. The van der Waals surface area contributed by atoms with Crippen LogP contribution in [0.1, 0.15) is 5.56 Å². The number of hydrogen-bond acceptors (Lipinski definition) is 7. The van der Waals surface area contributed by atoms with Gasteiger partial charge in [0.05, 0.1) is 20.1 Å². The monoisotopic (exact) mass is 407 g/mol. The van der Waals surface area contributed by atoms with Crippen molar-refractivity contribution in [2.24, 2.45) is 0 Å². The topological polar surface area (TPSA) is 71.4 Å². The van der Waals surface area contributed by atoms with Crippen molar-refractivity contribution < 1.29 is 0 Å². The van der Waals surface area contributed by atoms with Crippen molar-refractivity contribution in [3.8, 4) is 18.2 Å². The van der Waals surface area contributed by atoms with Crippen molar-refractivity contribution in [2.75, 3.05) is 0 Å². The molecule has 0 saturated carbocycles. The van der Waals surface area contributed by atoms with Gasteiger partial charge in [-0.3, -0.25) is 0 Å². The highest BCUT2D eigenvalue weighted by Gasteiger charge is 2.20. The van der Waals surface area contributed by atoms with E-state index in [1.165, 1.54) is 8.47 Å². The van der Waals surface area contributed by atoms with Crippen molar-refractivity contribution >= 4 is 52.6 Å². The van der Waals surface area contributed by atoms with Gasteiger partial charge < -0.3 is 0 Å². The summed E-state index contributed by atoms with van der Waals surface area (Å²) in [5.41, 5.74) is 1.30. The standard InChI is InChI=1S/C19H9N3S4/c20-9-14(8-16-12-25-19(26-16)18-23-6-7-24-18)17(15(10-21)11-22)13-4-2-1-3-5-13/h1-8,12H/b14-8+. The Hall–Kier alpha value is -2.21. The van der Waals surface area contributed by atoms with Gasteiger partial charge in [0, 0.05) is 10.5 Å². The number of hydrogen-bond donors (Lipinski definition) is 0. The summed E-state index contributed by atoms with van der Waals surface area (Å²) in [7, 11) is 0. The Balaban J connectivity index is 1.99. The Morgan fingerprint density at radius 2 is 1.54 bits per heavy atom. The number of benzene rings is 1. The summed E-state index contributed by atoms with van der Waals surface area (Å²) < 4.78 is 2.41. The minimum absolute atomic E-state index is 0.0649. The van der Waals surface area contributed by atoms with Gasteiger partial charge >= 0.3 is 0 Å². The molecule has 0 fully saturated rings. The Kier molecular flexibility index (Phi) is 6.39. The van der Waals surface area contributed by atoms with Gasteiger partial charge in [0.2, 0.25) is 0 Å². The first-order chi connectivity index (χ1) is 12.8. The second kappa shape index (κ2) is 8.94. The van der Waals surface area contributed by atoms with Crippen molar-refractivity contribution in [3.63, 3.8) is 0 Å². The van der Waals surface area contributed by atoms with Crippen molar-refractivity contribution in [3.05, 3.63) is 82.7 Å². The lowest BCUT2D eigenvalue weighted by Crippen LogP contribution is -1.93. The van der Waals surface area contributed by atoms with Crippen LogP contribution in [0.5, 0.6) is 0 Å². The maximum atomic E-state index is 9.69. The fourth-order valence-electron chi connectivity index (χ4n) is 2.20. The molecule has 0 aromatic heterocycles. The minimum atomic E-state index is -0.0649. The van der Waals surface area contributed by atoms with Crippen LogP contribution in [0, 0.1) is 34.0 Å². The van der Waals surface area contributed by atoms with Crippen molar-refractivity contribution in [1.82, 2.24) is 0 Å². The fraction of sp³-hybridized carbons (Fsp3) is 0. The predicted molar refractivity (Wildman–Crippen MR) is 113 cm³/mol. The van der Waals surface area contributed by atoms with Gasteiger partial charge in [-0.15, -0.1) is 0 Å². The molecule has 3 rings (SSSR count). The van der Waals surface area contributed by atoms with Gasteiger partial charge in [-0.25, -0.2) is 0 Å². The zero-order valence-corrected chi connectivity index (χ0v) is 16.4. The number of nitrogens with zero attached hydrogens (tertiary/aromatic N) is 3. The molecule has 7 heteroatoms. The van der Waals surface area contributed by atoms with Crippen LogP contribution in [0.15, 0.2) is 77.2 Å². The zero-order valence-electron chi connectivity index (χ0n) is 13.2. The lowest BCUT2D eigenvalue weighted by Gasteiger charge is -2.07. The molecular formula is C19H9N3S4. The second-order valence-electron chi connectivity index (χ2n) is 4.83. The Labute approximate surface area is 168 Å². The van der Waals surface area contributed by atoms with Gasteiger partial charge in [0.1, 0.15) is 17.7 Å². The quantitative estimate of drug-likeness (QED) is 0.428. The van der Waals surface area contributed by atoms with Crippen LogP contribution in [0.2, 0.25) is 0 Å².